The fourth-order valence-corrected chi connectivity index (χ4v) is 1.15. The lowest BCUT2D eigenvalue weighted by Crippen LogP contribution is -2.29. The molecular weight excluding hydrogens is 210 g/mol. The number of hydrogen-bond acceptors (Lipinski definition) is 2. The van der Waals surface area contributed by atoms with Gasteiger partial charge in [0.15, 0.2) is 0 Å². The Labute approximate surface area is 99.7 Å². The largest absolute Gasteiger partial charge is 0.380 e. The molecule has 0 radical (unpaired) electrons. The molecule has 0 aromatic carbocycles. The van der Waals surface area contributed by atoms with Gasteiger partial charge in [-0.1, -0.05) is 27.7 Å². The molecular formula is C12H26ClNO. The summed E-state index contributed by atoms with van der Waals surface area (Å²) in [6, 6.07) is 0. The second-order valence-corrected chi connectivity index (χ2v) is 5.32. The van der Waals surface area contributed by atoms with Gasteiger partial charge in [0.1, 0.15) is 0 Å². The predicted octanol–water partition coefficient (Wildman–Crippen LogP) is 2.90. The number of alkyl halides is 1. The van der Waals surface area contributed by atoms with Crippen LogP contribution < -0.4 is 5.32 Å². The number of hydrogen-bond donors (Lipinski definition) is 1. The molecule has 0 saturated heterocycles. The van der Waals surface area contributed by atoms with Crippen LogP contribution in [0.3, 0.4) is 0 Å². The van der Waals surface area contributed by atoms with Gasteiger partial charge in [0.25, 0.3) is 0 Å². The van der Waals surface area contributed by atoms with E-state index in [1.807, 2.05) is 0 Å². The lowest BCUT2D eigenvalue weighted by Gasteiger charge is -2.14. The SMILES string of the molecule is CC(C)CCOCCNCC(Cl)C(C)C. The highest BCUT2D eigenvalue weighted by Crippen LogP contribution is 2.07. The van der Waals surface area contributed by atoms with E-state index < -0.39 is 0 Å². The van der Waals surface area contributed by atoms with E-state index in [9.17, 15) is 0 Å². The van der Waals surface area contributed by atoms with E-state index in [-0.39, 0.29) is 5.38 Å². The highest BCUT2D eigenvalue weighted by Gasteiger charge is 2.07. The minimum atomic E-state index is 0.223. The first-order chi connectivity index (χ1) is 7.04. The number of nitrogens with one attached hydrogen (secondary N) is 1. The van der Waals surface area contributed by atoms with Crippen LogP contribution in [0.2, 0.25) is 0 Å². The Morgan fingerprint density at radius 3 is 2.33 bits per heavy atom. The summed E-state index contributed by atoms with van der Waals surface area (Å²) in [6.45, 7) is 12.1. The molecule has 0 heterocycles. The van der Waals surface area contributed by atoms with E-state index in [0.717, 1.165) is 38.6 Å². The first-order valence-electron chi connectivity index (χ1n) is 5.96. The lowest BCUT2D eigenvalue weighted by molar-refractivity contribution is 0.125. The van der Waals surface area contributed by atoms with E-state index in [2.05, 4.69) is 33.0 Å². The molecule has 0 rings (SSSR count). The van der Waals surface area contributed by atoms with Crippen LogP contribution in [-0.4, -0.2) is 31.7 Å². The van der Waals surface area contributed by atoms with Gasteiger partial charge in [0.05, 0.1) is 6.61 Å². The van der Waals surface area contributed by atoms with Crippen molar-refractivity contribution in [3.8, 4) is 0 Å². The van der Waals surface area contributed by atoms with Crippen molar-refractivity contribution in [3.05, 3.63) is 0 Å². The second kappa shape index (κ2) is 9.44. The van der Waals surface area contributed by atoms with E-state index >= 15 is 0 Å². The zero-order chi connectivity index (χ0) is 11.7. The summed E-state index contributed by atoms with van der Waals surface area (Å²) in [5.41, 5.74) is 0. The van der Waals surface area contributed by atoms with Crippen LogP contribution in [-0.2, 0) is 4.74 Å². The van der Waals surface area contributed by atoms with Crippen LogP contribution in [0, 0.1) is 11.8 Å². The van der Waals surface area contributed by atoms with Gasteiger partial charge >= 0.3 is 0 Å². The maximum atomic E-state index is 6.09. The van der Waals surface area contributed by atoms with Gasteiger partial charge in [-0.05, 0) is 18.3 Å². The van der Waals surface area contributed by atoms with Crippen molar-refractivity contribution in [2.24, 2.45) is 11.8 Å². The summed E-state index contributed by atoms with van der Waals surface area (Å²) in [5, 5.41) is 3.52. The van der Waals surface area contributed by atoms with Crippen LogP contribution >= 0.6 is 11.6 Å². The standard InChI is InChI=1S/C12H26ClNO/c1-10(2)5-7-15-8-6-14-9-12(13)11(3)4/h10-12,14H,5-9H2,1-4H3. The molecule has 1 N–H and O–H groups in total. The molecule has 0 amide bonds. The fourth-order valence-electron chi connectivity index (χ4n) is 1.04. The molecule has 1 atom stereocenters. The van der Waals surface area contributed by atoms with Gasteiger partial charge in [0.2, 0.25) is 0 Å². The Morgan fingerprint density at radius 2 is 1.80 bits per heavy atom. The first kappa shape index (κ1) is 15.2. The van der Waals surface area contributed by atoms with Crippen LogP contribution in [0.4, 0.5) is 0 Å². The average molecular weight is 236 g/mol. The highest BCUT2D eigenvalue weighted by molar-refractivity contribution is 6.20. The van der Waals surface area contributed by atoms with Gasteiger partial charge < -0.3 is 10.1 Å². The van der Waals surface area contributed by atoms with Gasteiger partial charge in [0, 0.05) is 25.1 Å². The lowest BCUT2D eigenvalue weighted by atomic mass is 10.1. The first-order valence-corrected chi connectivity index (χ1v) is 6.40. The molecule has 3 heteroatoms. The quantitative estimate of drug-likeness (QED) is 0.490. The molecule has 0 fully saturated rings. The molecule has 0 saturated carbocycles. The van der Waals surface area contributed by atoms with Gasteiger partial charge in [-0.2, -0.15) is 0 Å². The van der Waals surface area contributed by atoms with Crippen molar-refractivity contribution < 1.29 is 4.74 Å². The van der Waals surface area contributed by atoms with Crippen molar-refractivity contribution in [3.63, 3.8) is 0 Å². The van der Waals surface area contributed by atoms with Crippen molar-refractivity contribution in [2.45, 2.75) is 39.5 Å². The Bertz CT molecular complexity index is 140. The van der Waals surface area contributed by atoms with Crippen molar-refractivity contribution in [1.29, 1.82) is 0 Å². The Morgan fingerprint density at radius 1 is 1.13 bits per heavy atom. The van der Waals surface area contributed by atoms with E-state index in [4.69, 9.17) is 16.3 Å². The minimum Gasteiger partial charge on any atom is -0.380 e. The molecule has 0 aliphatic heterocycles. The average Bonchev–Trinajstić information content (AvgIpc) is 2.15. The van der Waals surface area contributed by atoms with Crippen LogP contribution in [0.1, 0.15) is 34.1 Å². The van der Waals surface area contributed by atoms with Gasteiger partial charge in [-0.15, -0.1) is 11.6 Å². The van der Waals surface area contributed by atoms with Crippen LogP contribution in [0.15, 0.2) is 0 Å². The van der Waals surface area contributed by atoms with Gasteiger partial charge in [-0.25, -0.2) is 0 Å². The monoisotopic (exact) mass is 235 g/mol. The van der Waals surface area contributed by atoms with E-state index in [0.29, 0.717) is 5.92 Å². The summed E-state index contributed by atoms with van der Waals surface area (Å²) >= 11 is 6.09. The third-order valence-electron chi connectivity index (χ3n) is 2.33. The Balaban J connectivity index is 3.11. The third kappa shape index (κ3) is 10.5. The molecule has 0 bridgehead atoms. The molecule has 0 aromatic heterocycles. The minimum absolute atomic E-state index is 0.223. The summed E-state index contributed by atoms with van der Waals surface area (Å²) in [4.78, 5) is 0. The van der Waals surface area contributed by atoms with Crippen molar-refractivity contribution in [1.82, 2.24) is 5.32 Å². The molecule has 0 aliphatic rings. The Kier molecular flexibility index (Phi) is 9.57. The van der Waals surface area contributed by atoms with Crippen LogP contribution in [0.5, 0.6) is 0 Å². The zero-order valence-electron chi connectivity index (χ0n) is 10.6. The smallest absolute Gasteiger partial charge is 0.0590 e. The molecule has 0 aromatic rings. The second-order valence-electron chi connectivity index (χ2n) is 4.76. The van der Waals surface area contributed by atoms with Crippen molar-refractivity contribution >= 4 is 11.6 Å². The molecule has 0 aliphatic carbocycles. The maximum absolute atomic E-state index is 6.09. The highest BCUT2D eigenvalue weighted by atomic mass is 35.5. The van der Waals surface area contributed by atoms with Crippen LogP contribution in [0.25, 0.3) is 0 Å². The molecule has 1 unspecified atom stereocenters. The predicted molar refractivity (Wildman–Crippen MR) is 67.6 cm³/mol. The number of ether oxygens (including phenoxy) is 1. The van der Waals surface area contributed by atoms with Gasteiger partial charge in [-0.3, -0.25) is 0 Å². The Hall–Kier alpha value is 0.210. The molecule has 2 nitrogen and oxygen atoms in total. The maximum Gasteiger partial charge on any atom is 0.0590 e. The normalized spacial score (nSPS) is 13.8. The summed E-state index contributed by atoms with van der Waals surface area (Å²) in [7, 11) is 0. The summed E-state index contributed by atoms with van der Waals surface area (Å²) in [6.07, 6.45) is 1.14. The zero-order valence-corrected chi connectivity index (χ0v) is 11.3. The molecule has 0 spiro atoms. The van der Waals surface area contributed by atoms with Crippen molar-refractivity contribution in [2.75, 3.05) is 26.3 Å². The third-order valence-corrected chi connectivity index (χ3v) is 2.98. The summed E-state index contributed by atoms with van der Waals surface area (Å²) < 4.78 is 5.48. The van der Waals surface area contributed by atoms with E-state index in [1.165, 1.54) is 0 Å². The van der Waals surface area contributed by atoms with E-state index in [1.54, 1.807) is 0 Å². The number of rotatable bonds is 9. The fraction of sp³-hybridized carbons (Fsp3) is 1.00. The number of halogens is 1. The molecule has 92 valence electrons. The molecule has 15 heavy (non-hydrogen) atoms. The summed E-state index contributed by atoms with van der Waals surface area (Å²) in [5.74, 6) is 1.26. The topological polar surface area (TPSA) is 21.3 Å².